The maximum atomic E-state index is 15.4. The Labute approximate surface area is 368 Å². The third-order valence-electron chi connectivity index (χ3n) is 13.4. The van der Waals surface area contributed by atoms with E-state index in [1.807, 2.05) is 29.4 Å². The number of rotatable bonds is 10. The first-order valence-electron chi connectivity index (χ1n) is 22.5. The minimum atomic E-state index is -0.720. The summed E-state index contributed by atoms with van der Waals surface area (Å²) < 4.78 is 15.4. The molecule has 2 atom stereocenters. The molecule has 1 aliphatic carbocycles. The molecule has 6 aliphatic heterocycles. The molecule has 3 saturated heterocycles. The topological polar surface area (TPSA) is 166 Å². The van der Waals surface area contributed by atoms with Crippen LogP contribution in [0.1, 0.15) is 98.5 Å². The summed E-state index contributed by atoms with van der Waals surface area (Å²) in [4.78, 5) is 81.4. The van der Waals surface area contributed by atoms with Crippen molar-refractivity contribution < 1.29 is 28.4 Å². The Kier molecular flexibility index (Phi) is 13.4. The molecule has 3 N–H and O–H groups in total. The van der Waals surface area contributed by atoms with Gasteiger partial charge in [-0.3, -0.25) is 29.3 Å². The van der Waals surface area contributed by atoms with E-state index in [9.17, 15) is 24.0 Å². The van der Waals surface area contributed by atoms with E-state index in [-0.39, 0.29) is 55.0 Å². The van der Waals surface area contributed by atoms with Gasteiger partial charge in [0.1, 0.15) is 17.7 Å². The molecule has 336 valence electrons. The largest absolute Gasteiger partial charge is 0.367 e. The van der Waals surface area contributed by atoms with E-state index in [0.29, 0.717) is 42.6 Å². The number of carbonyl (C=O) groups excluding carboxylic acids is 5. The third-order valence-corrected chi connectivity index (χ3v) is 13.4. The van der Waals surface area contributed by atoms with Crippen molar-refractivity contribution in [2.75, 3.05) is 70.1 Å². The van der Waals surface area contributed by atoms with Crippen LogP contribution in [0.25, 0.3) is 0 Å². The van der Waals surface area contributed by atoms with Crippen molar-refractivity contribution in [2.45, 2.75) is 102 Å². The van der Waals surface area contributed by atoms with Gasteiger partial charge in [0.25, 0.3) is 5.91 Å². The maximum Gasteiger partial charge on any atom is 0.255 e. The van der Waals surface area contributed by atoms with Gasteiger partial charge in [0.15, 0.2) is 6.17 Å². The normalized spacial score (nSPS) is 22.9. The van der Waals surface area contributed by atoms with Crippen LogP contribution in [0.4, 0.5) is 15.9 Å². The fraction of sp³-hybridized carbons (Fsp3) is 0.543. The predicted molar refractivity (Wildman–Crippen MR) is 237 cm³/mol. The number of aliphatic imine (C=N–C) groups is 1. The zero-order valence-electron chi connectivity index (χ0n) is 36.7. The number of nitrogens with one attached hydrogen (secondary N) is 3. The molecule has 16 nitrogen and oxygen atoms in total. The molecule has 1 saturated carbocycles. The number of carbonyl (C=O) groups is 5. The number of hydrogen-bond donors (Lipinski definition) is 3. The van der Waals surface area contributed by atoms with Gasteiger partial charge in [-0.25, -0.2) is 14.4 Å². The number of likely N-dealkylation sites (tertiary alicyclic amines) is 1. The molecule has 5 amide bonds. The molecule has 0 spiro atoms. The molecule has 7 aliphatic rings. The number of fused-ring (bicyclic) bond motifs is 2. The van der Waals surface area contributed by atoms with Crippen LogP contribution in [0.2, 0.25) is 0 Å². The molecule has 0 bridgehead atoms. The van der Waals surface area contributed by atoms with Crippen LogP contribution in [0, 0.1) is 5.82 Å². The van der Waals surface area contributed by atoms with Crippen molar-refractivity contribution in [3.63, 3.8) is 0 Å². The van der Waals surface area contributed by atoms with Crippen LogP contribution < -0.4 is 20.9 Å². The third kappa shape index (κ3) is 9.87. The van der Waals surface area contributed by atoms with Gasteiger partial charge in [0, 0.05) is 88.7 Å². The Morgan fingerprint density at radius 1 is 1.00 bits per heavy atom. The first-order valence-corrected chi connectivity index (χ1v) is 22.5. The molecule has 1 aromatic carbocycles. The zero-order chi connectivity index (χ0) is 44.2. The quantitative estimate of drug-likeness (QED) is 0.236. The molecule has 4 fully saturated rings. The minimum absolute atomic E-state index is 0.0114. The highest BCUT2D eigenvalue weighted by Gasteiger charge is 2.40. The Hall–Kier alpha value is -5.84. The standard InChI is InChI=1S/C43H53FN10O4.C3H7NO/c1-27-21-29-24-46-43(49-40(29)54(27)31-5-2-3-6-31)47-37-10-8-32(25-45-37)51-17-19-52(20-18-51)39(56)7-4-14-50-15-12-28(13-16-50)33-22-30-26-53(42(58)34(30)23-35(33)44)36-9-11-38(55)48-41(36)57;1-4(2)3-5/h8,10,21-25,28,31,36,40H,2-7,9,11-20,26H2,1H3,(H,48,55,57)(H2,45,46,47,49);3H,1-2H3. The lowest BCUT2D eigenvalue weighted by Gasteiger charge is -2.36. The Morgan fingerprint density at radius 2 is 1.75 bits per heavy atom. The maximum absolute atomic E-state index is 15.4. The van der Waals surface area contributed by atoms with Gasteiger partial charge >= 0.3 is 0 Å². The summed E-state index contributed by atoms with van der Waals surface area (Å²) in [7, 11) is 3.38. The summed E-state index contributed by atoms with van der Waals surface area (Å²) in [5.74, 6) is 0.104. The van der Waals surface area contributed by atoms with E-state index in [2.05, 4.69) is 49.7 Å². The van der Waals surface area contributed by atoms with Crippen molar-refractivity contribution in [3.8, 4) is 0 Å². The van der Waals surface area contributed by atoms with Gasteiger partial charge in [0.2, 0.25) is 30.1 Å². The number of allylic oxidation sites excluding steroid dienone is 1. The van der Waals surface area contributed by atoms with Gasteiger partial charge in [-0.2, -0.15) is 0 Å². The van der Waals surface area contributed by atoms with Gasteiger partial charge in [-0.05, 0) is 106 Å². The number of imide groups is 1. The lowest BCUT2D eigenvalue weighted by Crippen LogP contribution is -2.52. The van der Waals surface area contributed by atoms with Crippen LogP contribution in [0.5, 0.6) is 0 Å². The van der Waals surface area contributed by atoms with E-state index in [1.54, 1.807) is 14.1 Å². The van der Waals surface area contributed by atoms with Crippen LogP contribution in [0.3, 0.4) is 0 Å². The second kappa shape index (κ2) is 19.3. The monoisotopic (exact) mass is 865 g/mol. The molecule has 2 unspecified atom stereocenters. The number of guanidine groups is 1. The van der Waals surface area contributed by atoms with E-state index in [0.717, 1.165) is 75.5 Å². The number of pyridine rings is 1. The summed E-state index contributed by atoms with van der Waals surface area (Å²) in [5.41, 5.74) is 5.17. The molecular formula is C46H60FN11O5. The number of nitrogens with zero attached hydrogens (tertiary/aromatic N) is 8. The Balaban J connectivity index is 0.00000103. The molecular weight excluding hydrogens is 806 g/mol. The second-order valence-corrected chi connectivity index (χ2v) is 17.9. The molecule has 63 heavy (non-hydrogen) atoms. The van der Waals surface area contributed by atoms with Crippen molar-refractivity contribution in [1.82, 2.24) is 40.1 Å². The number of piperazine rings is 1. The lowest BCUT2D eigenvalue weighted by atomic mass is 9.87. The first-order chi connectivity index (χ1) is 30.4. The van der Waals surface area contributed by atoms with Crippen molar-refractivity contribution in [2.24, 2.45) is 4.99 Å². The van der Waals surface area contributed by atoms with Crippen LogP contribution in [-0.4, -0.2) is 144 Å². The molecule has 1 aromatic heterocycles. The van der Waals surface area contributed by atoms with E-state index < -0.39 is 11.9 Å². The highest BCUT2D eigenvalue weighted by molar-refractivity contribution is 6.05. The Bertz CT molecular complexity index is 2150. The van der Waals surface area contributed by atoms with Crippen LogP contribution >= 0.6 is 0 Å². The fourth-order valence-corrected chi connectivity index (χ4v) is 10.0. The number of piperidine rings is 2. The molecule has 17 heteroatoms. The highest BCUT2D eigenvalue weighted by Crippen LogP contribution is 2.38. The lowest BCUT2D eigenvalue weighted by molar-refractivity contribution is -0.137. The SMILES string of the molecule is CC1=CC2=CNC(Nc3ccc(N4CCN(C(=O)CCCN5CCC(c6cc7c(cc6F)C(=O)N(C6CCC(=O)NC6=O)C7)CC5)CC4)cn3)=NC2N1C1CCCC1.CN(C)C=O. The second-order valence-electron chi connectivity index (χ2n) is 17.9. The number of aromatic nitrogens is 1. The van der Waals surface area contributed by atoms with Gasteiger partial charge in [0.05, 0.1) is 11.9 Å². The molecule has 0 radical (unpaired) electrons. The molecule has 9 rings (SSSR count). The number of hydrogen-bond acceptors (Lipinski definition) is 12. The first kappa shape index (κ1) is 43.8. The summed E-state index contributed by atoms with van der Waals surface area (Å²) in [6, 6.07) is 7.03. The van der Waals surface area contributed by atoms with Gasteiger partial charge in [-0.1, -0.05) is 18.9 Å². The average Bonchev–Trinajstić information content (AvgIpc) is 4.01. The molecule has 2 aromatic rings. The van der Waals surface area contributed by atoms with E-state index in [4.69, 9.17) is 9.98 Å². The number of benzene rings is 1. The molecule has 7 heterocycles. The summed E-state index contributed by atoms with van der Waals surface area (Å²) in [6.45, 7) is 7.73. The summed E-state index contributed by atoms with van der Waals surface area (Å²) in [5, 5.41) is 8.98. The van der Waals surface area contributed by atoms with Gasteiger partial charge < -0.3 is 40.0 Å². The average molecular weight is 866 g/mol. The van der Waals surface area contributed by atoms with Crippen molar-refractivity contribution in [3.05, 3.63) is 76.5 Å². The minimum Gasteiger partial charge on any atom is -0.367 e. The highest BCUT2D eigenvalue weighted by atomic mass is 19.1. The number of amides is 5. The number of anilines is 2. The van der Waals surface area contributed by atoms with Crippen molar-refractivity contribution in [1.29, 1.82) is 0 Å². The van der Waals surface area contributed by atoms with Crippen LogP contribution in [0.15, 0.2) is 59.0 Å². The Morgan fingerprint density at radius 3 is 2.43 bits per heavy atom. The van der Waals surface area contributed by atoms with Crippen LogP contribution in [-0.2, 0) is 25.7 Å². The summed E-state index contributed by atoms with van der Waals surface area (Å²) >= 11 is 0. The fourth-order valence-electron chi connectivity index (χ4n) is 10.0. The zero-order valence-corrected chi connectivity index (χ0v) is 36.7. The van der Waals surface area contributed by atoms with E-state index >= 15 is 4.39 Å². The van der Waals surface area contributed by atoms with E-state index in [1.165, 1.54) is 52.8 Å². The van der Waals surface area contributed by atoms with Crippen molar-refractivity contribution >= 4 is 47.5 Å². The smallest absolute Gasteiger partial charge is 0.255 e. The predicted octanol–water partition coefficient (Wildman–Crippen LogP) is 3.74. The summed E-state index contributed by atoms with van der Waals surface area (Å²) in [6.07, 6.45) is 15.3. The van der Waals surface area contributed by atoms with Gasteiger partial charge in [-0.15, -0.1) is 0 Å². The number of halogens is 1.